The molecule has 3 rings (SSSR count). The van der Waals surface area contributed by atoms with Crippen molar-refractivity contribution in [2.24, 2.45) is 11.7 Å². The number of hydrogen-bond acceptors (Lipinski definition) is 5. The summed E-state index contributed by atoms with van der Waals surface area (Å²) in [6.45, 7) is 0. The highest BCUT2D eigenvalue weighted by Crippen LogP contribution is 2.28. The van der Waals surface area contributed by atoms with Crippen LogP contribution in [0.1, 0.15) is 19.3 Å². The molecule has 0 spiro atoms. The van der Waals surface area contributed by atoms with E-state index in [-0.39, 0.29) is 17.9 Å². The number of nitrogens with zero attached hydrogens (tertiary/aromatic N) is 3. The molecule has 1 saturated carbocycles. The zero-order valence-electron chi connectivity index (χ0n) is 10.4. The fourth-order valence-electron chi connectivity index (χ4n) is 2.60. The lowest BCUT2D eigenvalue weighted by molar-refractivity contribution is -0.121. The van der Waals surface area contributed by atoms with Crippen molar-refractivity contribution in [2.75, 3.05) is 5.32 Å². The largest absolute Gasteiger partial charge is 0.369 e. The Hall–Kier alpha value is -2.24. The summed E-state index contributed by atoms with van der Waals surface area (Å²) in [4.78, 5) is 24.1. The molecule has 0 bridgehead atoms. The van der Waals surface area contributed by atoms with E-state index in [9.17, 15) is 4.79 Å². The summed E-state index contributed by atoms with van der Waals surface area (Å²) >= 11 is 0. The Morgan fingerprint density at radius 2 is 2.11 bits per heavy atom. The predicted molar refractivity (Wildman–Crippen MR) is 71.3 cm³/mol. The first-order chi connectivity index (χ1) is 9.24. The molecule has 0 saturated heterocycles. The van der Waals surface area contributed by atoms with Crippen molar-refractivity contribution >= 4 is 22.9 Å². The average Bonchev–Trinajstić information content (AvgIpc) is 2.87. The van der Waals surface area contributed by atoms with Crippen LogP contribution in [0.2, 0.25) is 0 Å². The Morgan fingerprint density at radius 3 is 2.95 bits per heavy atom. The van der Waals surface area contributed by atoms with E-state index in [1.807, 2.05) is 12.1 Å². The number of amides is 1. The standard InChI is InChI=1S/C13H15N5O/c14-12(19)8-2-1-3-9(8)17-11-5-4-10-13(18-11)16-7-6-15-10/h4-9H,1-3H2,(H2,14,19)(H,16,17,18)/t8-,9+/m1/s1. The second-order valence-electron chi connectivity index (χ2n) is 4.79. The molecular formula is C13H15N5O. The summed E-state index contributed by atoms with van der Waals surface area (Å²) in [7, 11) is 0. The van der Waals surface area contributed by atoms with Gasteiger partial charge >= 0.3 is 0 Å². The van der Waals surface area contributed by atoms with Crippen molar-refractivity contribution < 1.29 is 4.79 Å². The lowest BCUT2D eigenvalue weighted by Gasteiger charge is -2.18. The maximum atomic E-state index is 11.4. The van der Waals surface area contributed by atoms with E-state index in [1.54, 1.807) is 12.4 Å². The third-order valence-corrected chi connectivity index (χ3v) is 3.55. The highest BCUT2D eigenvalue weighted by molar-refractivity contribution is 5.78. The minimum atomic E-state index is -0.240. The number of hydrogen-bond donors (Lipinski definition) is 2. The summed E-state index contributed by atoms with van der Waals surface area (Å²) in [5.41, 5.74) is 6.76. The van der Waals surface area contributed by atoms with Crippen molar-refractivity contribution in [3.63, 3.8) is 0 Å². The van der Waals surface area contributed by atoms with Crippen molar-refractivity contribution in [3.05, 3.63) is 24.5 Å². The molecule has 0 aromatic carbocycles. The lowest BCUT2D eigenvalue weighted by atomic mass is 10.0. The van der Waals surface area contributed by atoms with Crippen LogP contribution in [-0.2, 0) is 4.79 Å². The smallest absolute Gasteiger partial charge is 0.222 e. The van der Waals surface area contributed by atoms with Gasteiger partial charge in [-0.2, -0.15) is 0 Å². The van der Waals surface area contributed by atoms with Crippen LogP contribution in [0.4, 0.5) is 5.82 Å². The van der Waals surface area contributed by atoms with E-state index in [1.165, 1.54) is 0 Å². The maximum Gasteiger partial charge on any atom is 0.222 e. The monoisotopic (exact) mass is 257 g/mol. The molecule has 1 amide bonds. The number of primary amides is 1. The first kappa shape index (κ1) is 11.8. The number of anilines is 1. The highest BCUT2D eigenvalue weighted by Gasteiger charge is 2.31. The molecule has 6 heteroatoms. The lowest BCUT2D eigenvalue weighted by Crippen LogP contribution is -2.34. The van der Waals surface area contributed by atoms with Gasteiger partial charge in [-0.15, -0.1) is 0 Å². The summed E-state index contributed by atoms with van der Waals surface area (Å²) in [6.07, 6.45) is 6.05. The summed E-state index contributed by atoms with van der Waals surface area (Å²) in [6, 6.07) is 3.79. The minimum absolute atomic E-state index is 0.0686. The summed E-state index contributed by atoms with van der Waals surface area (Å²) < 4.78 is 0. The molecule has 2 aromatic heterocycles. The molecule has 2 aromatic rings. The molecule has 19 heavy (non-hydrogen) atoms. The van der Waals surface area contributed by atoms with Gasteiger partial charge in [0.1, 0.15) is 11.3 Å². The third-order valence-electron chi connectivity index (χ3n) is 3.55. The molecule has 1 aliphatic carbocycles. The Morgan fingerprint density at radius 1 is 1.26 bits per heavy atom. The highest BCUT2D eigenvalue weighted by atomic mass is 16.1. The van der Waals surface area contributed by atoms with Crippen molar-refractivity contribution in [2.45, 2.75) is 25.3 Å². The fourth-order valence-corrected chi connectivity index (χ4v) is 2.60. The number of carbonyl (C=O) groups is 1. The zero-order valence-corrected chi connectivity index (χ0v) is 10.4. The number of fused-ring (bicyclic) bond motifs is 1. The number of rotatable bonds is 3. The van der Waals surface area contributed by atoms with E-state index >= 15 is 0 Å². The third kappa shape index (κ3) is 2.33. The Labute approximate surface area is 110 Å². The van der Waals surface area contributed by atoms with Gasteiger partial charge in [0, 0.05) is 18.4 Å². The molecule has 2 heterocycles. The summed E-state index contributed by atoms with van der Waals surface area (Å²) in [5, 5.41) is 3.28. The van der Waals surface area contributed by atoms with Crippen molar-refractivity contribution in [1.82, 2.24) is 15.0 Å². The first-order valence-electron chi connectivity index (χ1n) is 6.37. The Balaban J connectivity index is 1.83. The molecule has 3 N–H and O–H groups in total. The molecule has 1 aliphatic rings. The number of nitrogens with two attached hydrogens (primary N) is 1. The molecule has 2 atom stereocenters. The first-order valence-corrected chi connectivity index (χ1v) is 6.37. The topological polar surface area (TPSA) is 93.8 Å². The SMILES string of the molecule is NC(=O)[C@@H]1CCC[C@@H]1Nc1ccc2nccnc2n1. The van der Waals surface area contributed by atoms with Gasteiger partial charge in [0.25, 0.3) is 0 Å². The van der Waals surface area contributed by atoms with E-state index in [2.05, 4.69) is 20.3 Å². The van der Waals surface area contributed by atoms with Crippen molar-refractivity contribution in [1.29, 1.82) is 0 Å². The normalized spacial score (nSPS) is 22.5. The fraction of sp³-hybridized carbons (Fsp3) is 0.385. The zero-order chi connectivity index (χ0) is 13.2. The van der Waals surface area contributed by atoms with Gasteiger partial charge in [-0.1, -0.05) is 6.42 Å². The van der Waals surface area contributed by atoms with Crippen LogP contribution in [0.3, 0.4) is 0 Å². The molecule has 1 fully saturated rings. The van der Waals surface area contributed by atoms with Crippen LogP contribution in [0.25, 0.3) is 11.2 Å². The van der Waals surface area contributed by atoms with E-state index in [0.29, 0.717) is 11.5 Å². The van der Waals surface area contributed by atoms with Crippen LogP contribution < -0.4 is 11.1 Å². The van der Waals surface area contributed by atoms with E-state index in [0.717, 1.165) is 24.8 Å². The van der Waals surface area contributed by atoms with E-state index < -0.39 is 0 Å². The second-order valence-corrected chi connectivity index (χ2v) is 4.79. The van der Waals surface area contributed by atoms with Crippen LogP contribution in [0.15, 0.2) is 24.5 Å². The van der Waals surface area contributed by atoms with Crippen LogP contribution in [-0.4, -0.2) is 26.9 Å². The Kier molecular flexibility index (Phi) is 2.98. The van der Waals surface area contributed by atoms with Gasteiger partial charge in [-0.3, -0.25) is 9.78 Å². The quantitative estimate of drug-likeness (QED) is 0.858. The molecule has 6 nitrogen and oxygen atoms in total. The van der Waals surface area contributed by atoms with Gasteiger partial charge < -0.3 is 11.1 Å². The molecule has 0 unspecified atom stereocenters. The molecule has 98 valence electrons. The molecule has 0 radical (unpaired) electrons. The maximum absolute atomic E-state index is 11.4. The van der Waals surface area contributed by atoms with Crippen LogP contribution >= 0.6 is 0 Å². The number of pyridine rings is 1. The van der Waals surface area contributed by atoms with Gasteiger partial charge in [0.15, 0.2) is 5.65 Å². The minimum Gasteiger partial charge on any atom is -0.369 e. The van der Waals surface area contributed by atoms with Crippen molar-refractivity contribution in [3.8, 4) is 0 Å². The van der Waals surface area contributed by atoms with Crippen LogP contribution in [0.5, 0.6) is 0 Å². The second kappa shape index (κ2) is 4.79. The van der Waals surface area contributed by atoms with Crippen LogP contribution in [0, 0.1) is 5.92 Å². The Bertz CT molecular complexity index is 615. The van der Waals surface area contributed by atoms with Gasteiger partial charge in [-0.25, -0.2) is 9.97 Å². The average molecular weight is 257 g/mol. The van der Waals surface area contributed by atoms with Gasteiger partial charge in [0.2, 0.25) is 5.91 Å². The predicted octanol–water partition coefficient (Wildman–Crippen LogP) is 1.09. The number of nitrogens with one attached hydrogen (secondary N) is 1. The molecular weight excluding hydrogens is 242 g/mol. The van der Waals surface area contributed by atoms with Gasteiger partial charge in [-0.05, 0) is 25.0 Å². The molecule has 0 aliphatic heterocycles. The van der Waals surface area contributed by atoms with E-state index in [4.69, 9.17) is 5.73 Å². The number of aromatic nitrogens is 3. The summed E-state index contributed by atoms with van der Waals surface area (Å²) in [5.74, 6) is 0.362. The van der Waals surface area contributed by atoms with Gasteiger partial charge in [0.05, 0.1) is 5.92 Å². The number of carbonyl (C=O) groups excluding carboxylic acids is 1.